The SMILES string of the molecule is CC(C)=c1c(O)c(O)c(=C2SCCCS2)c2c(O)c(-c3c(C)cc4c(=C(C)C)c(O)c(O)c(=C5SCCCS5)c4c3O)c(C)cc12. The predicted octanol–water partition coefficient (Wildman–Crippen LogP) is 6.76. The van der Waals surface area contributed by atoms with Crippen molar-refractivity contribution >= 4 is 88.2 Å². The van der Waals surface area contributed by atoms with Crippen molar-refractivity contribution in [1.29, 1.82) is 0 Å². The quantitative estimate of drug-likeness (QED) is 0.119. The molecular formula is C36H38O6S4. The topological polar surface area (TPSA) is 121 Å². The lowest BCUT2D eigenvalue weighted by Gasteiger charge is -2.22. The van der Waals surface area contributed by atoms with Gasteiger partial charge in [-0.1, -0.05) is 11.1 Å². The lowest BCUT2D eigenvalue weighted by molar-refractivity contribution is 0.398. The summed E-state index contributed by atoms with van der Waals surface area (Å²) in [7, 11) is 0. The van der Waals surface area contributed by atoms with Gasteiger partial charge in [-0.3, -0.25) is 0 Å². The molecule has 0 amide bonds. The van der Waals surface area contributed by atoms with E-state index in [1.807, 2.05) is 53.7 Å². The van der Waals surface area contributed by atoms with E-state index < -0.39 is 0 Å². The van der Waals surface area contributed by atoms with E-state index in [0.717, 1.165) is 55.5 Å². The number of aromatic hydroxyl groups is 6. The van der Waals surface area contributed by atoms with Crippen LogP contribution in [0.3, 0.4) is 0 Å². The second-order valence-corrected chi connectivity index (χ2v) is 17.2. The molecule has 0 bridgehead atoms. The third-order valence-electron chi connectivity index (χ3n) is 8.60. The molecule has 4 aromatic rings. The van der Waals surface area contributed by atoms with Crippen molar-refractivity contribution in [2.75, 3.05) is 23.0 Å². The summed E-state index contributed by atoms with van der Waals surface area (Å²) in [4.78, 5) is 0. The fourth-order valence-electron chi connectivity index (χ4n) is 6.66. The maximum Gasteiger partial charge on any atom is 0.167 e. The van der Waals surface area contributed by atoms with Gasteiger partial charge in [0.05, 0.1) is 18.9 Å². The van der Waals surface area contributed by atoms with Crippen molar-refractivity contribution in [3.05, 3.63) is 44.1 Å². The van der Waals surface area contributed by atoms with Crippen LogP contribution in [0, 0.1) is 13.8 Å². The van der Waals surface area contributed by atoms with Gasteiger partial charge in [-0.15, -0.1) is 47.0 Å². The highest BCUT2D eigenvalue weighted by Crippen LogP contribution is 2.48. The molecule has 0 radical (unpaired) electrons. The minimum atomic E-state index is -0.269. The molecule has 46 heavy (non-hydrogen) atoms. The van der Waals surface area contributed by atoms with E-state index in [1.165, 1.54) is 0 Å². The Bertz CT molecular complexity index is 2060. The van der Waals surface area contributed by atoms with Gasteiger partial charge in [0.2, 0.25) is 0 Å². The van der Waals surface area contributed by atoms with Gasteiger partial charge in [0.25, 0.3) is 0 Å². The van der Waals surface area contributed by atoms with Gasteiger partial charge in [-0.2, -0.15) is 0 Å². The maximum absolute atomic E-state index is 12.3. The highest BCUT2D eigenvalue weighted by Gasteiger charge is 2.27. The van der Waals surface area contributed by atoms with E-state index in [4.69, 9.17) is 0 Å². The van der Waals surface area contributed by atoms with Crippen molar-refractivity contribution in [2.24, 2.45) is 0 Å². The Kier molecular flexibility index (Phi) is 9.04. The van der Waals surface area contributed by atoms with Crippen LogP contribution in [0.4, 0.5) is 0 Å². The van der Waals surface area contributed by atoms with E-state index in [-0.39, 0.29) is 34.5 Å². The number of phenolic OH excluding ortho intramolecular Hbond substituents is 6. The number of benzene rings is 4. The fourth-order valence-corrected chi connectivity index (χ4v) is 12.0. The Morgan fingerprint density at radius 2 is 0.826 bits per heavy atom. The minimum Gasteiger partial charge on any atom is -0.507 e. The molecule has 6 nitrogen and oxygen atoms in total. The second-order valence-electron chi connectivity index (χ2n) is 12.2. The van der Waals surface area contributed by atoms with Crippen LogP contribution in [0.2, 0.25) is 0 Å². The van der Waals surface area contributed by atoms with E-state index in [9.17, 15) is 30.6 Å². The minimum absolute atomic E-state index is 0.100. The van der Waals surface area contributed by atoms with Crippen LogP contribution < -0.4 is 20.9 Å². The average Bonchev–Trinajstić information content (AvgIpc) is 3.01. The lowest BCUT2D eigenvalue weighted by Crippen LogP contribution is -2.18. The van der Waals surface area contributed by atoms with Gasteiger partial charge in [0.1, 0.15) is 11.5 Å². The summed E-state index contributed by atoms with van der Waals surface area (Å²) < 4.78 is 1.66. The third-order valence-corrected chi connectivity index (χ3v) is 13.8. The predicted molar refractivity (Wildman–Crippen MR) is 200 cm³/mol. The van der Waals surface area contributed by atoms with Crippen molar-refractivity contribution in [3.63, 3.8) is 0 Å². The molecule has 242 valence electrons. The van der Waals surface area contributed by atoms with Crippen LogP contribution in [0.25, 0.3) is 52.3 Å². The van der Waals surface area contributed by atoms with Gasteiger partial charge in [-0.25, -0.2) is 0 Å². The number of hydrogen-bond acceptors (Lipinski definition) is 10. The molecule has 0 spiro atoms. The molecule has 6 N–H and O–H groups in total. The number of thioether (sulfide) groups is 4. The normalized spacial score (nSPS) is 15.6. The number of aryl methyl sites for hydroxylation is 2. The molecule has 2 heterocycles. The zero-order valence-electron chi connectivity index (χ0n) is 26.7. The van der Waals surface area contributed by atoms with Gasteiger partial charge in [0, 0.05) is 32.3 Å². The molecule has 2 aliphatic heterocycles. The highest BCUT2D eigenvalue weighted by molar-refractivity contribution is 8.30. The van der Waals surface area contributed by atoms with Crippen LogP contribution in [-0.2, 0) is 0 Å². The molecule has 0 saturated carbocycles. The van der Waals surface area contributed by atoms with Crippen LogP contribution in [0.15, 0.2) is 12.1 Å². The molecule has 0 aromatic heterocycles. The van der Waals surface area contributed by atoms with Gasteiger partial charge >= 0.3 is 0 Å². The van der Waals surface area contributed by atoms with Crippen LogP contribution in [-0.4, -0.2) is 53.7 Å². The van der Waals surface area contributed by atoms with Crippen LogP contribution in [0.5, 0.6) is 34.5 Å². The Balaban J connectivity index is 1.87. The first kappa shape index (κ1) is 33.0. The standard InChI is InChI=1S/C36H38O6S4/c1-15(2)21-19-13-17(5)23(29(37)25(19)27(33(41)31(21)39)35-43-9-7-10-44-35)24-18(6)14-20-22(16(3)4)32(40)34(42)28(26(20)30(24)38)36-45-11-8-12-46-36/h13-14,37-42H,7-12H2,1-6H3. The summed E-state index contributed by atoms with van der Waals surface area (Å²) in [5.74, 6) is 2.28. The summed E-state index contributed by atoms with van der Waals surface area (Å²) in [6.45, 7) is 11.2. The van der Waals surface area contributed by atoms with E-state index in [2.05, 4.69) is 0 Å². The first-order valence-electron chi connectivity index (χ1n) is 15.2. The summed E-state index contributed by atoms with van der Waals surface area (Å²) in [6, 6.07) is 3.81. The van der Waals surface area contributed by atoms with Crippen molar-refractivity contribution < 1.29 is 30.6 Å². The van der Waals surface area contributed by atoms with Gasteiger partial charge in [-0.05, 0) is 111 Å². The van der Waals surface area contributed by atoms with Gasteiger partial charge in [0.15, 0.2) is 23.0 Å². The lowest BCUT2D eigenvalue weighted by atomic mass is 9.87. The average molecular weight is 695 g/mol. The molecule has 2 saturated heterocycles. The van der Waals surface area contributed by atoms with Crippen LogP contribution in [0.1, 0.15) is 51.7 Å². The summed E-state index contributed by atoms with van der Waals surface area (Å²) >= 11 is 6.38. The van der Waals surface area contributed by atoms with E-state index >= 15 is 0 Å². The third kappa shape index (κ3) is 5.16. The zero-order chi connectivity index (χ0) is 33.2. The van der Waals surface area contributed by atoms with Crippen molar-refractivity contribution in [2.45, 2.75) is 54.4 Å². The molecule has 10 heteroatoms. The molecule has 0 aliphatic carbocycles. The smallest absolute Gasteiger partial charge is 0.167 e. The largest absolute Gasteiger partial charge is 0.507 e. The summed E-state index contributed by atoms with van der Waals surface area (Å²) in [6.07, 6.45) is 2.03. The Hall–Kier alpha value is -2.92. The summed E-state index contributed by atoms with van der Waals surface area (Å²) in [5, 5.41) is 73.9. The number of rotatable bonds is 1. The van der Waals surface area contributed by atoms with Crippen molar-refractivity contribution in [1.82, 2.24) is 0 Å². The fraction of sp³-hybridized carbons (Fsp3) is 0.333. The number of phenols is 6. The molecule has 0 unspecified atom stereocenters. The first-order chi connectivity index (χ1) is 21.9. The second kappa shape index (κ2) is 12.6. The van der Waals surface area contributed by atoms with E-state index in [1.54, 1.807) is 47.0 Å². The maximum atomic E-state index is 12.3. The number of fused-ring (bicyclic) bond motifs is 2. The zero-order valence-corrected chi connectivity index (χ0v) is 30.0. The Labute approximate surface area is 284 Å². The highest BCUT2D eigenvalue weighted by atomic mass is 32.2. The Morgan fingerprint density at radius 1 is 0.500 bits per heavy atom. The van der Waals surface area contributed by atoms with Crippen molar-refractivity contribution in [3.8, 4) is 45.6 Å². The van der Waals surface area contributed by atoms with E-state index in [0.29, 0.717) is 64.7 Å². The van der Waals surface area contributed by atoms with Crippen LogP contribution >= 0.6 is 47.0 Å². The summed E-state index contributed by atoms with van der Waals surface area (Å²) in [5.41, 5.74) is 3.74. The number of hydrogen-bond donors (Lipinski definition) is 6. The van der Waals surface area contributed by atoms with Gasteiger partial charge < -0.3 is 30.6 Å². The first-order valence-corrected chi connectivity index (χ1v) is 19.2. The molecular weight excluding hydrogens is 657 g/mol. The monoisotopic (exact) mass is 694 g/mol. The Morgan fingerprint density at radius 3 is 1.13 bits per heavy atom. The molecule has 2 fully saturated rings. The molecule has 0 atom stereocenters. The molecule has 6 rings (SSSR count). The molecule has 2 aliphatic rings. The molecule has 4 aromatic carbocycles.